The molecular formula is C27H33NO8. The molecule has 5 atom stereocenters. The van der Waals surface area contributed by atoms with Gasteiger partial charge in [-0.3, -0.25) is 9.59 Å². The number of hydrogen-bond acceptors (Lipinski definition) is 9. The minimum atomic E-state index is -1.40. The van der Waals surface area contributed by atoms with Crippen LogP contribution in [-0.4, -0.2) is 55.1 Å². The third-order valence-electron chi connectivity index (χ3n) is 7.25. The summed E-state index contributed by atoms with van der Waals surface area (Å²) < 4.78 is 22.3. The number of methoxy groups -OCH3 is 1. The number of nitrogens with zero attached hydrogens (tertiary/aromatic N) is 1. The molecule has 0 radical (unpaired) electrons. The third kappa shape index (κ3) is 4.70. The first-order valence-electron chi connectivity index (χ1n) is 12.3. The van der Waals surface area contributed by atoms with Crippen LogP contribution in [0.4, 0.5) is 0 Å². The van der Waals surface area contributed by atoms with Crippen LogP contribution in [0.5, 0.6) is 5.75 Å². The molecule has 4 rings (SSSR count). The summed E-state index contributed by atoms with van der Waals surface area (Å²) in [5, 5.41) is 4.30. The van der Waals surface area contributed by atoms with Gasteiger partial charge in [0.05, 0.1) is 25.3 Å². The summed E-state index contributed by atoms with van der Waals surface area (Å²) in [6.45, 7) is 7.10. The number of benzene rings is 1. The lowest BCUT2D eigenvalue weighted by Crippen LogP contribution is -2.52. The zero-order valence-electron chi connectivity index (χ0n) is 21.4. The van der Waals surface area contributed by atoms with Crippen molar-refractivity contribution in [3.63, 3.8) is 0 Å². The SMILES string of the molecule is COc1ccccc1C1=NO[C@]2(C1)C(=O)O[C@@H]1CC(C)=C([C@@H](C)CCCOC(C)=O)[C@@H](OC(C)=O)[C@@H]12. The van der Waals surface area contributed by atoms with Gasteiger partial charge in [0.1, 0.15) is 18.0 Å². The van der Waals surface area contributed by atoms with Crippen LogP contribution in [0.3, 0.4) is 0 Å². The summed E-state index contributed by atoms with van der Waals surface area (Å²) in [5.41, 5.74) is 1.90. The van der Waals surface area contributed by atoms with Crippen molar-refractivity contribution < 1.29 is 38.2 Å². The fourth-order valence-electron chi connectivity index (χ4n) is 5.75. The van der Waals surface area contributed by atoms with E-state index < -0.39 is 35.7 Å². The van der Waals surface area contributed by atoms with E-state index in [0.29, 0.717) is 30.9 Å². The Labute approximate surface area is 210 Å². The van der Waals surface area contributed by atoms with E-state index in [-0.39, 0.29) is 18.3 Å². The number of oxime groups is 1. The minimum Gasteiger partial charge on any atom is -0.496 e. The molecule has 2 heterocycles. The normalized spacial score (nSPS) is 27.6. The molecule has 9 nitrogen and oxygen atoms in total. The summed E-state index contributed by atoms with van der Waals surface area (Å²) >= 11 is 0. The molecule has 2 aliphatic heterocycles. The molecule has 0 N–H and O–H groups in total. The molecule has 1 aromatic rings. The van der Waals surface area contributed by atoms with Crippen LogP contribution in [0.25, 0.3) is 0 Å². The number of fused-ring (bicyclic) bond motifs is 2. The molecule has 3 aliphatic rings. The topological polar surface area (TPSA) is 110 Å². The lowest BCUT2D eigenvalue weighted by atomic mass is 9.68. The summed E-state index contributed by atoms with van der Waals surface area (Å²) in [7, 11) is 1.57. The first-order chi connectivity index (χ1) is 17.2. The third-order valence-corrected chi connectivity index (χ3v) is 7.25. The van der Waals surface area contributed by atoms with Crippen LogP contribution in [-0.2, 0) is 33.4 Å². The van der Waals surface area contributed by atoms with Gasteiger partial charge in [0.15, 0.2) is 0 Å². The molecule has 1 aliphatic carbocycles. The summed E-state index contributed by atoms with van der Waals surface area (Å²) in [6.07, 6.45) is 0.886. The first kappa shape index (κ1) is 25.7. The average Bonchev–Trinajstić information content (AvgIpc) is 3.38. The lowest BCUT2D eigenvalue weighted by Gasteiger charge is -2.40. The molecule has 1 aromatic carbocycles. The Morgan fingerprint density at radius 3 is 2.67 bits per heavy atom. The van der Waals surface area contributed by atoms with Crippen LogP contribution >= 0.6 is 0 Å². The molecule has 1 spiro atoms. The highest BCUT2D eigenvalue weighted by molar-refractivity contribution is 6.07. The molecule has 9 heteroatoms. The minimum absolute atomic E-state index is 0.0228. The molecule has 1 fully saturated rings. The number of esters is 3. The fraction of sp³-hybridized carbons (Fsp3) is 0.556. The van der Waals surface area contributed by atoms with Crippen LogP contribution in [0, 0.1) is 11.8 Å². The first-order valence-corrected chi connectivity index (χ1v) is 12.3. The number of para-hydroxylation sites is 1. The summed E-state index contributed by atoms with van der Waals surface area (Å²) in [4.78, 5) is 42.6. The average molecular weight is 500 g/mol. The number of hydrogen-bond donors (Lipinski definition) is 0. The number of rotatable bonds is 8. The Bertz CT molecular complexity index is 1110. The summed E-state index contributed by atoms with van der Waals surface area (Å²) in [5.74, 6) is -1.17. The van der Waals surface area contributed by atoms with Gasteiger partial charge < -0.3 is 23.8 Å². The van der Waals surface area contributed by atoms with Crippen molar-refractivity contribution in [1.29, 1.82) is 0 Å². The molecule has 0 unspecified atom stereocenters. The maximum atomic E-state index is 13.3. The van der Waals surface area contributed by atoms with Crippen molar-refractivity contribution in [2.24, 2.45) is 17.0 Å². The number of carbonyl (C=O) groups excluding carboxylic acids is 3. The second kappa shape index (κ2) is 10.3. The van der Waals surface area contributed by atoms with Crippen LogP contribution < -0.4 is 4.74 Å². The van der Waals surface area contributed by atoms with Crippen molar-refractivity contribution in [3.05, 3.63) is 41.0 Å². The van der Waals surface area contributed by atoms with Gasteiger partial charge in [-0.1, -0.05) is 29.8 Å². The Balaban J connectivity index is 1.64. The number of ether oxygens (including phenoxy) is 4. The second-order valence-corrected chi connectivity index (χ2v) is 9.72. The molecule has 0 aromatic heterocycles. The van der Waals surface area contributed by atoms with Crippen molar-refractivity contribution in [2.75, 3.05) is 13.7 Å². The zero-order chi connectivity index (χ0) is 26.0. The molecule has 0 amide bonds. The fourth-order valence-corrected chi connectivity index (χ4v) is 5.75. The Hall–Kier alpha value is -3.36. The van der Waals surface area contributed by atoms with Crippen LogP contribution in [0.15, 0.2) is 40.6 Å². The number of carbonyl (C=O) groups is 3. The van der Waals surface area contributed by atoms with E-state index in [4.69, 9.17) is 23.8 Å². The van der Waals surface area contributed by atoms with Gasteiger partial charge >= 0.3 is 17.9 Å². The standard InChI is InChI=1S/C27H33NO8/c1-15(9-8-12-33-17(3)29)23-16(2)13-22-24(25(23)34-18(4)30)27(26(31)35-22)14-20(28-36-27)19-10-6-7-11-21(19)32-5/h6-7,10-11,15,22,24-25H,8-9,12-14H2,1-5H3/t15-,22+,24+,25+,27-/m0/s1. The molecular weight excluding hydrogens is 466 g/mol. The molecule has 194 valence electrons. The monoisotopic (exact) mass is 499 g/mol. The maximum Gasteiger partial charge on any atom is 0.354 e. The van der Waals surface area contributed by atoms with E-state index in [1.807, 2.05) is 31.2 Å². The molecule has 0 bridgehead atoms. The van der Waals surface area contributed by atoms with Crippen LogP contribution in [0.1, 0.15) is 58.9 Å². The van der Waals surface area contributed by atoms with E-state index >= 15 is 0 Å². The lowest BCUT2D eigenvalue weighted by molar-refractivity contribution is -0.164. The van der Waals surface area contributed by atoms with Gasteiger partial charge in [-0.15, -0.1) is 0 Å². The van der Waals surface area contributed by atoms with Gasteiger partial charge in [0.25, 0.3) is 0 Å². The summed E-state index contributed by atoms with van der Waals surface area (Å²) in [6, 6.07) is 7.41. The molecule has 36 heavy (non-hydrogen) atoms. The van der Waals surface area contributed by atoms with E-state index in [0.717, 1.165) is 23.1 Å². The van der Waals surface area contributed by atoms with Crippen molar-refractivity contribution in [2.45, 2.75) is 71.2 Å². The highest BCUT2D eigenvalue weighted by Crippen LogP contribution is 2.52. The van der Waals surface area contributed by atoms with E-state index in [9.17, 15) is 14.4 Å². The van der Waals surface area contributed by atoms with Gasteiger partial charge in [-0.05, 0) is 43.4 Å². The predicted molar refractivity (Wildman–Crippen MR) is 129 cm³/mol. The second-order valence-electron chi connectivity index (χ2n) is 9.72. The van der Waals surface area contributed by atoms with Crippen molar-refractivity contribution in [1.82, 2.24) is 0 Å². The molecule has 0 saturated carbocycles. The smallest absolute Gasteiger partial charge is 0.354 e. The largest absolute Gasteiger partial charge is 0.496 e. The highest BCUT2D eigenvalue weighted by Gasteiger charge is 2.67. The van der Waals surface area contributed by atoms with Gasteiger partial charge in [-0.2, -0.15) is 0 Å². The van der Waals surface area contributed by atoms with Gasteiger partial charge in [-0.25, -0.2) is 4.79 Å². The van der Waals surface area contributed by atoms with Crippen LogP contribution in [0.2, 0.25) is 0 Å². The Kier molecular flexibility index (Phi) is 7.38. The Morgan fingerprint density at radius 2 is 1.97 bits per heavy atom. The predicted octanol–water partition coefficient (Wildman–Crippen LogP) is 3.73. The van der Waals surface area contributed by atoms with Gasteiger partial charge in [0, 0.05) is 32.3 Å². The Morgan fingerprint density at radius 1 is 1.22 bits per heavy atom. The van der Waals surface area contributed by atoms with E-state index in [1.54, 1.807) is 7.11 Å². The maximum absolute atomic E-state index is 13.3. The van der Waals surface area contributed by atoms with Crippen molar-refractivity contribution in [3.8, 4) is 5.75 Å². The highest BCUT2D eigenvalue weighted by atomic mass is 16.7. The van der Waals surface area contributed by atoms with Gasteiger partial charge in [0.2, 0.25) is 5.60 Å². The zero-order valence-corrected chi connectivity index (χ0v) is 21.4. The molecule has 1 saturated heterocycles. The quantitative estimate of drug-likeness (QED) is 0.230. The van der Waals surface area contributed by atoms with E-state index in [1.165, 1.54) is 13.8 Å². The van der Waals surface area contributed by atoms with Crippen molar-refractivity contribution >= 4 is 23.6 Å². The van der Waals surface area contributed by atoms with E-state index in [2.05, 4.69) is 12.1 Å².